The number of aromatic nitrogens is 4. The molecule has 0 spiro atoms. The second-order valence-corrected chi connectivity index (χ2v) is 8.18. The van der Waals surface area contributed by atoms with Crippen LogP contribution in [0, 0.1) is 5.21 Å². The molecule has 5 rings (SSSR count). The van der Waals surface area contributed by atoms with Crippen LogP contribution in [0.2, 0.25) is 0 Å². The van der Waals surface area contributed by atoms with E-state index in [0.717, 1.165) is 11.4 Å². The third kappa shape index (κ3) is 4.98. The first-order valence-corrected chi connectivity index (χ1v) is 11.4. The monoisotopic (exact) mass is 504 g/mol. The minimum Gasteiger partial charge on any atom is -0.733 e. The molecule has 13 heteroatoms. The zero-order chi connectivity index (χ0) is 25.9. The molecule has 0 bridgehead atoms. The molecule has 0 fully saturated rings. The fourth-order valence-corrected chi connectivity index (χ4v) is 4.02. The number of carbonyl (C=O) groups is 2. The van der Waals surface area contributed by atoms with E-state index >= 15 is 0 Å². The van der Waals surface area contributed by atoms with Crippen LogP contribution in [0.15, 0.2) is 59.4 Å². The van der Waals surface area contributed by atoms with Crippen LogP contribution in [0.3, 0.4) is 0 Å². The Morgan fingerprint density at radius 1 is 1.30 bits per heavy atom. The van der Waals surface area contributed by atoms with Gasteiger partial charge >= 0.3 is 12.0 Å². The lowest BCUT2D eigenvalue weighted by molar-refractivity contribution is 0.0526. The molecule has 1 aliphatic heterocycles. The van der Waals surface area contributed by atoms with Crippen molar-refractivity contribution in [3.05, 3.63) is 82.9 Å². The summed E-state index contributed by atoms with van der Waals surface area (Å²) < 4.78 is 10.5. The van der Waals surface area contributed by atoms with Gasteiger partial charge in [-0.25, -0.2) is 14.6 Å². The number of benzene rings is 2. The number of carbonyl (C=O) groups excluding carboxylic acids is 2. The predicted octanol–water partition coefficient (Wildman–Crippen LogP) is 3.66. The third-order valence-electron chi connectivity index (χ3n) is 5.86. The highest BCUT2D eigenvalue weighted by Gasteiger charge is 2.36. The third-order valence-corrected chi connectivity index (χ3v) is 5.86. The minimum atomic E-state index is -0.618. The van der Waals surface area contributed by atoms with Gasteiger partial charge in [0.25, 0.3) is 0 Å². The number of esters is 1. The largest absolute Gasteiger partial charge is 0.733 e. The van der Waals surface area contributed by atoms with Crippen LogP contribution >= 0.6 is 0 Å². The summed E-state index contributed by atoms with van der Waals surface area (Å²) in [4.78, 5) is 38.6. The molecule has 0 radical (unpaired) electrons. The molecule has 1 aliphatic rings. The number of rotatable bonds is 6. The van der Waals surface area contributed by atoms with E-state index < -0.39 is 18.0 Å². The summed E-state index contributed by atoms with van der Waals surface area (Å²) in [5, 5.41) is 27.0. The lowest BCUT2D eigenvalue weighted by Crippen LogP contribution is -2.41. The average Bonchev–Trinajstić information content (AvgIpc) is 3.58. The van der Waals surface area contributed by atoms with Crippen LogP contribution in [0.1, 0.15) is 40.6 Å². The van der Waals surface area contributed by atoms with Crippen LogP contribution in [-0.2, 0) is 17.7 Å². The maximum atomic E-state index is 13.3. The summed E-state index contributed by atoms with van der Waals surface area (Å²) in [6.07, 6.45) is 1.90. The van der Waals surface area contributed by atoms with Gasteiger partial charge in [-0.2, -0.15) is 4.98 Å². The van der Waals surface area contributed by atoms with E-state index in [1.807, 2.05) is 0 Å². The quantitative estimate of drug-likeness (QED) is 0.260. The Morgan fingerprint density at radius 3 is 2.86 bits per heavy atom. The molecule has 0 unspecified atom stereocenters. The van der Waals surface area contributed by atoms with Crippen molar-refractivity contribution >= 4 is 23.4 Å². The van der Waals surface area contributed by atoms with Gasteiger partial charge < -0.3 is 34.9 Å². The van der Waals surface area contributed by atoms with Crippen molar-refractivity contribution in [1.29, 1.82) is 0 Å². The SMILES string of the molecule is CCOC(=O)c1ccc(NC(=O)N2Cc3[nH]cnc3C[C@H]2c2nc(-c3cccc(N([O-])O)c3)no2)cc1. The highest BCUT2D eigenvalue weighted by molar-refractivity contribution is 5.92. The standard InChI is InChI=1S/C24H22N7O6/c1-2-36-23(32)14-6-8-16(9-7-14)27-24(33)30-12-19-18(25-13-26-19)11-20(30)22-28-21(29-37-22)15-4-3-5-17(10-15)31(34)35/h3-10,13,20,34H,2,11-12H2,1H3,(H,25,26)(H,27,33)/q-1/t20-/m0/s1. The number of fused-ring (bicyclic) bond motifs is 1. The Bertz CT molecular complexity index is 1410. The zero-order valence-electron chi connectivity index (χ0n) is 19.6. The van der Waals surface area contributed by atoms with E-state index in [4.69, 9.17) is 9.26 Å². The number of imidazole rings is 1. The van der Waals surface area contributed by atoms with Gasteiger partial charge in [-0.1, -0.05) is 17.3 Å². The number of H-pyrrole nitrogens is 1. The van der Waals surface area contributed by atoms with E-state index in [1.165, 1.54) is 12.1 Å². The van der Waals surface area contributed by atoms with Crippen molar-refractivity contribution in [1.82, 2.24) is 25.0 Å². The number of aromatic amines is 1. The van der Waals surface area contributed by atoms with E-state index in [2.05, 4.69) is 25.4 Å². The molecule has 3 N–H and O–H groups in total. The Hall–Kier alpha value is -4.75. The van der Waals surface area contributed by atoms with Crippen molar-refractivity contribution in [2.24, 2.45) is 0 Å². The highest BCUT2D eigenvalue weighted by atomic mass is 16.8. The van der Waals surface area contributed by atoms with Crippen LogP contribution in [0.25, 0.3) is 11.4 Å². The summed E-state index contributed by atoms with van der Waals surface area (Å²) in [5.74, 6) is -0.0609. The number of nitrogens with zero attached hydrogens (tertiary/aromatic N) is 5. The molecule has 13 nitrogen and oxygen atoms in total. The van der Waals surface area contributed by atoms with E-state index in [1.54, 1.807) is 54.5 Å². The van der Waals surface area contributed by atoms with E-state index in [0.29, 0.717) is 23.2 Å². The van der Waals surface area contributed by atoms with Crippen LogP contribution in [0.4, 0.5) is 16.2 Å². The Kier molecular flexibility index (Phi) is 6.53. The van der Waals surface area contributed by atoms with Crippen molar-refractivity contribution in [3.8, 4) is 11.4 Å². The number of nitrogens with one attached hydrogen (secondary N) is 2. The topological polar surface area (TPSA) is 173 Å². The van der Waals surface area contributed by atoms with Gasteiger partial charge in [-0.3, -0.25) is 5.21 Å². The van der Waals surface area contributed by atoms with Crippen molar-refractivity contribution in [3.63, 3.8) is 0 Å². The van der Waals surface area contributed by atoms with Gasteiger partial charge in [0, 0.05) is 17.7 Å². The van der Waals surface area contributed by atoms with Crippen molar-refractivity contribution < 1.29 is 24.1 Å². The van der Waals surface area contributed by atoms with Crippen LogP contribution < -0.4 is 10.5 Å². The second-order valence-electron chi connectivity index (χ2n) is 8.18. The van der Waals surface area contributed by atoms with Crippen molar-refractivity contribution in [2.45, 2.75) is 25.9 Å². The normalized spacial score (nSPS) is 14.7. The molecule has 0 saturated heterocycles. The maximum Gasteiger partial charge on any atom is 0.338 e. The molecule has 190 valence electrons. The lowest BCUT2D eigenvalue weighted by atomic mass is 10.0. The molecular formula is C24H22N7O6-. The van der Waals surface area contributed by atoms with Gasteiger partial charge in [-0.15, -0.1) is 0 Å². The fourth-order valence-electron chi connectivity index (χ4n) is 4.02. The summed E-state index contributed by atoms with van der Waals surface area (Å²) >= 11 is 0. The van der Waals surface area contributed by atoms with Gasteiger partial charge in [0.1, 0.15) is 6.04 Å². The smallest absolute Gasteiger partial charge is 0.338 e. The number of ether oxygens (including phenoxy) is 1. The summed E-state index contributed by atoms with van der Waals surface area (Å²) in [7, 11) is 0. The first kappa shape index (κ1) is 24.0. The Labute approximate surface area is 210 Å². The maximum absolute atomic E-state index is 13.3. The lowest BCUT2D eigenvalue weighted by Gasteiger charge is -2.32. The predicted molar refractivity (Wildman–Crippen MR) is 129 cm³/mol. The summed E-state index contributed by atoms with van der Waals surface area (Å²) in [5.41, 5.74) is 2.89. The Morgan fingerprint density at radius 2 is 2.11 bits per heavy atom. The van der Waals surface area contributed by atoms with Crippen LogP contribution in [-0.4, -0.2) is 48.8 Å². The first-order valence-electron chi connectivity index (χ1n) is 11.4. The number of amides is 2. The van der Waals surface area contributed by atoms with Gasteiger partial charge in [0.2, 0.25) is 11.7 Å². The van der Waals surface area contributed by atoms with E-state index in [-0.39, 0.29) is 35.8 Å². The summed E-state index contributed by atoms with van der Waals surface area (Å²) in [6.45, 7) is 2.21. The first-order chi connectivity index (χ1) is 17.9. The van der Waals surface area contributed by atoms with Crippen LogP contribution in [0.5, 0.6) is 0 Å². The molecule has 2 aromatic carbocycles. The molecule has 0 aliphatic carbocycles. The molecule has 0 saturated carbocycles. The Balaban J connectivity index is 1.39. The number of hydrogen-bond acceptors (Lipinski definition) is 10. The molecule has 4 aromatic rings. The molecule has 3 heterocycles. The number of hydrogen-bond donors (Lipinski definition) is 3. The molecule has 2 aromatic heterocycles. The minimum absolute atomic E-state index is 0.0117. The summed E-state index contributed by atoms with van der Waals surface area (Å²) in [6, 6.07) is 11.4. The highest BCUT2D eigenvalue weighted by Crippen LogP contribution is 2.33. The molecular weight excluding hydrogens is 482 g/mol. The van der Waals surface area contributed by atoms with E-state index in [9.17, 15) is 20.0 Å². The fraction of sp³-hybridized carbons (Fsp3) is 0.208. The molecule has 2 amide bonds. The average molecular weight is 504 g/mol. The number of anilines is 2. The zero-order valence-corrected chi connectivity index (χ0v) is 19.6. The molecule has 1 atom stereocenters. The molecule has 37 heavy (non-hydrogen) atoms. The second kappa shape index (κ2) is 10.1. The van der Waals surface area contributed by atoms with Gasteiger partial charge in [0.15, 0.2) is 0 Å². The number of urea groups is 1. The van der Waals surface area contributed by atoms with Gasteiger partial charge in [0.05, 0.1) is 42.1 Å². The van der Waals surface area contributed by atoms with Crippen molar-refractivity contribution in [2.75, 3.05) is 17.2 Å². The van der Waals surface area contributed by atoms with Gasteiger partial charge in [-0.05, 0) is 43.3 Å².